The summed E-state index contributed by atoms with van der Waals surface area (Å²) in [4.78, 5) is 25.5. The molecule has 0 bridgehead atoms. The van der Waals surface area contributed by atoms with Crippen LogP contribution in [0, 0.1) is 0 Å². The lowest BCUT2D eigenvalue weighted by molar-refractivity contribution is -0.119. The summed E-state index contributed by atoms with van der Waals surface area (Å²) < 4.78 is 34.3. The third-order valence-electron chi connectivity index (χ3n) is 8.52. The molecule has 8 heteroatoms. The van der Waals surface area contributed by atoms with Gasteiger partial charge in [-0.15, -0.1) is 0 Å². The van der Waals surface area contributed by atoms with Crippen LogP contribution in [0.2, 0.25) is 0 Å². The minimum atomic E-state index is -4.18. The van der Waals surface area contributed by atoms with Gasteiger partial charge in [0.2, 0.25) is 5.91 Å². The van der Waals surface area contributed by atoms with Crippen molar-refractivity contribution >= 4 is 27.5 Å². The van der Waals surface area contributed by atoms with E-state index in [0.29, 0.717) is 24.3 Å². The van der Waals surface area contributed by atoms with Crippen LogP contribution in [0.4, 0.5) is 5.69 Å². The summed E-state index contributed by atoms with van der Waals surface area (Å²) in [6.45, 7) is 2.62. The summed E-state index contributed by atoms with van der Waals surface area (Å²) in [5.41, 5.74) is 1.41. The first kappa shape index (κ1) is 38.8. The zero-order chi connectivity index (χ0) is 34.3. The average molecular weight is 677 g/mol. The number of ether oxygens (including phenoxy) is 1. The van der Waals surface area contributed by atoms with E-state index in [-0.39, 0.29) is 17.0 Å². The SMILES string of the molecule is CCCCCCCCCCCCCCCCCCCC(=O)NS(=O)(=O)c1ccccc1NC(=O)c1cccc(OCc2ccccc2)c1. The summed E-state index contributed by atoms with van der Waals surface area (Å²) in [6, 6.07) is 22.5. The van der Waals surface area contributed by atoms with Gasteiger partial charge in [0.05, 0.1) is 5.69 Å². The van der Waals surface area contributed by atoms with Gasteiger partial charge in [0.25, 0.3) is 15.9 Å². The molecule has 7 nitrogen and oxygen atoms in total. The highest BCUT2D eigenvalue weighted by Crippen LogP contribution is 2.23. The number of hydrogen-bond acceptors (Lipinski definition) is 5. The molecule has 0 atom stereocenters. The Morgan fingerprint density at radius 1 is 0.625 bits per heavy atom. The van der Waals surface area contributed by atoms with Crippen molar-refractivity contribution < 1.29 is 22.7 Å². The molecule has 262 valence electrons. The fourth-order valence-electron chi connectivity index (χ4n) is 5.73. The highest BCUT2D eigenvalue weighted by Gasteiger charge is 2.22. The molecule has 0 fully saturated rings. The van der Waals surface area contributed by atoms with E-state index < -0.39 is 21.8 Å². The van der Waals surface area contributed by atoms with Crippen molar-refractivity contribution in [2.45, 2.75) is 134 Å². The largest absolute Gasteiger partial charge is 0.489 e. The molecule has 0 radical (unpaired) electrons. The van der Waals surface area contributed by atoms with Crippen molar-refractivity contribution in [1.82, 2.24) is 4.72 Å². The summed E-state index contributed by atoms with van der Waals surface area (Å²) in [5, 5.41) is 2.69. The second-order valence-corrected chi connectivity index (χ2v) is 14.3. The van der Waals surface area contributed by atoms with Crippen molar-refractivity contribution in [1.29, 1.82) is 0 Å². The Labute approximate surface area is 289 Å². The minimum Gasteiger partial charge on any atom is -0.489 e. The number of para-hydroxylation sites is 1. The smallest absolute Gasteiger partial charge is 0.266 e. The van der Waals surface area contributed by atoms with Crippen LogP contribution >= 0.6 is 0 Å². The fourth-order valence-corrected chi connectivity index (χ4v) is 6.91. The van der Waals surface area contributed by atoms with Crippen LogP contribution in [0.25, 0.3) is 0 Å². The molecule has 3 aromatic carbocycles. The number of amides is 2. The first-order chi connectivity index (χ1) is 23.4. The van der Waals surface area contributed by atoms with E-state index in [2.05, 4.69) is 17.0 Å². The molecule has 0 aromatic heterocycles. The second kappa shape index (κ2) is 22.8. The Morgan fingerprint density at radius 3 is 1.77 bits per heavy atom. The van der Waals surface area contributed by atoms with Crippen LogP contribution in [-0.2, 0) is 21.4 Å². The second-order valence-electron chi connectivity index (χ2n) is 12.7. The van der Waals surface area contributed by atoms with Gasteiger partial charge in [0.15, 0.2) is 0 Å². The number of unbranched alkanes of at least 4 members (excludes halogenated alkanes) is 16. The molecule has 0 aliphatic rings. The van der Waals surface area contributed by atoms with Gasteiger partial charge in [0, 0.05) is 12.0 Å². The average Bonchev–Trinajstić information content (AvgIpc) is 3.09. The number of anilines is 1. The topological polar surface area (TPSA) is 102 Å². The molecule has 3 rings (SSSR count). The quantitative estimate of drug-likeness (QED) is 0.0870. The molecule has 48 heavy (non-hydrogen) atoms. The lowest BCUT2D eigenvalue weighted by atomic mass is 10.0. The van der Waals surface area contributed by atoms with E-state index in [4.69, 9.17) is 4.74 Å². The molecule has 0 unspecified atom stereocenters. The fraction of sp³-hybridized carbons (Fsp3) is 0.500. The molecule has 0 saturated carbocycles. The first-order valence-corrected chi connectivity index (χ1v) is 19.6. The van der Waals surface area contributed by atoms with Gasteiger partial charge in [-0.3, -0.25) is 9.59 Å². The Hall–Kier alpha value is -3.65. The molecule has 2 N–H and O–H groups in total. The van der Waals surface area contributed by atoms with Gasteiger partial charge in [-0.1, -0.05) is 158 Å². The number of benzene rings is 3. The zero-order valence-corrected chi connectivity index (χ0v) is 29.7. The van der Waals surface area contributed by atoms with E-state index >= 15 is 0 Å². The summed E-state index contributed by atoms with van der Waals surface area (Å²) in [5.74, 6) is -0.512. The molecule has 3 aromatic rings. The maximum atomic E-state index is 13.1. The normalized spacial score (nSPS) is 11.3. The van der Waals surface area contributed by atoms with Crippen molar-refractivity contribution in [2.75, 3.05) is 5.32 Å². The molecular formula is C40H56N2O5S. The van der Waals surface area contributed by atoms with Crippen LogP contribution in [0.5, 0.6) is 5.75 Å². The Balaban J connectivity index is 1.32. The summed E-state index contributed by atoms with van der Waals surface area (Å²) >= 11 is 0. The number of sulfonamides is 1. The van der Waals surface area contributed by atoms with Crippen molar-refractivity contribution in [3.8, 4) is 5.75 Å². The van der Waals surface area contributed by atoms with Gasteiger partial charge in [-0.2, -0.15) is 0 Å². The van der Waals surface area contributed by atoms with E-state index in [1.807, 2.05) is 30.3 Å². The monoisotopic (exact) mass is 676 g/mol. The number of carbonyl (C=O) groups excluding carboxylic acids is 2. The third-order valence-corrected chi connectivity index (χ3v) is 9.96. The summed E-state index contributed by atoms with van der Waals surface area (Å²) in [6.07, 6.45) is 21.3. The van der Waals surface area contributed by atoms with Gasteiger partial charge in [-0.25, -0.2) is 13.1 Å². The van der Waals surface area contributed by atoms with Crippen LogP contribution in [0.15, 0.2) is 83.8 Å². The van der Waals surface area contributed by atoms with Gasteiger partial charge in [0.1, 0.15) is 17.3 Å². The van der Waals surface area contributed by atoms with Crippen LogP contribution < -0.4 is 14.8 Å². The first-order valence-electron chi connectivity index (χ1n) is 18.1. The van der Waals surface area contributed by atoms with Crippen LogP contribution in [0.1, 0.15) is 138 Å². The van der Waals surface area contributed by atoms with Crippen molar-refractivity contribution in [3.63, 3.8) is 0 Å². The van der Waals surface area contributed by atoms with E-state index in [1.54, 1.807) is 36.4 Å². The lowest BCUT2D eigenvalue weighted by Gasteiger charge is -2.13. The summed E-state index contributed by atoms with van der Waals surface area (Å²) in [7, 11) is -4.18. The lowest BCUT2D eigenvalue weighted by Crippen LogP contribution is -2.31. The number of hydrogen-bond donors (Lipinski definition) is 2. The molecule has 0 aliphatic heterocycles. The number of rotatable bonds is 25. The Kier molecular flexibility index (Phi) is 18.5. The van der Waals surface area contributed by atoms with E-state index in [1.165, 1.54) is 95.6 Å². The molecular weight excluding hydrogens is 621 g/mol. The molecule has 0 heterocycles. The molecule has 0 spiro atoms. The third kappa shape index (κ3) is 15.5. The standard InChI is InChI=1S/C40H56N2O5S/c1-2-3-4-5-6-7-8-9-10-11-12-13-14-15-16-17-21-31-39(43)42-48(45,46)38-30-23-22-29-37(38)41-40(44)35-27-24-28-36(32-35)47-33-34-25-19-18-20-26-34/h18-20,22-30,32H,2-17,21,31,33H2,1H3,(H,41,44)(H,42,43). The Morgan fingerprint density at radius 2 is 1.17 bits per heavy atom. The number of carbonyl (C=O) groups is 2. The van der Waals surface area contributed by atoms with Gasteiger partial charge >= 0.3 is 0 Å². The van der Waals surface area contributed by atoms with Crippen LogP contribution in [0.3, 0.4) is 0 Å². The predicted molar refractivity (Wildman–Crippen MR) is 196 cm³/mol. The zero-order valence-electron chi connectivity index (χ0n) is 28.9. The van der Waals surface area contributed by atoms with Gasteiger partial charge in [-0.05, 0) is 42.3 Å². The maximum Gasteiger partial charge on any atom is 0.266 e. The Bertz CT molecular complexity index is 1460. The van der Waals surface area contributed by atoms with Gasteiger partial charge < -0.3 is 10.1 Å². The maximum absolute atomic E-state index is 13.1. The predicted octanol–water partition coefficient (Wildman–Crippen LogP) is 10.4. The molecule has 0 saturated heterocycles. The minimum absolute atomic E-state index is 0.0937. The van der Waals surface area contributed by atoms with Crippen LogP contribution in [-0.4, -0.2) is 20.2 Å². The highest BCUT2D eigenvalue weighted by atomic mass is 32.2. The van der Waals surface area contributed by atoms with Crippen molar-refractivity contribution in [3.05, 3.63) is 90.0 Å². The number of nitrogens with one attached hydrogen (secondary N) is 2. The van der Waals surface area contributed by atoms with Crippen molar-refractivity contribution in [2.24, 2.45) is 0 Å². The molecule has 2 amide bonds. The highest BCUT2D eigenvalue weighted by molar-refractivity contribution is 7.90. The van der Waals surface area contributed by atoms with E-state index in [0.717, 1.165) is 24.8 Å². The van der Waals surface area contributed by atoms with E-state index in [9.17, 15) is 18.0 Å². The molecule has 0 aliphatic carbocycles.